The van der Waals surface area contributed by atoms with Crippen molar-refractivity contribution in [3.8, 4) is 0 Å². The normalized spacial score (nSPS) is 17.1. The maximum Gasteiger partial charge on any atom is 0.312 e. The number of carbonyl (C=O) groups is 3. The van der Waals surface area contributed by atoms with Crippen LogP contribution in [0.4, 0.5) is 0 Å². The molecule has 2 aliphatic rings. The van der Waals surface area contributed by atoms with E-state index in [-0.39, 0.29) is 5.91 Å². The minimum Gasteiger partial charge on any atom is -0.339 e. The Kier molecular flexibility index (Phi) is 7.18. The summed E-state index contributed by atoms with van der Waals surface area (Å²) in [6.45, 7) is 3.12. The predicted octanol–water partition coefficient (Wildman–Crippen LogP) is 2.61. The Morgan fingerprint density at radius 3 is 1.96 bits per heavy atom. The number of hydrogen-bond acceptors (Lipinski definition) is 3. The average Bonchev–Trinajstić information content (AvgIpc) is 3.24. The van der Waals surface area contributed by atoms with E-state index in [2.05, 4.69) is 0 Å². The predicted molar refractivity (Wildman–Crippen MR) is 108 cm³/mol. The summed E-state index contributed by atoms with van der Waals surface area (Å²) in [7, 11) is 0. The third kappa shape index (κ3) is 5.17. The van der Waals surface area contributed by atoms with E-state index in [9.17, 15) is 14.4 Å². The molecule has 28 heavy (non-hydrogen) atoms. The Morgan fingerprint density at radius 1 is 0.786 bits per heavy atom. The van der Waals surface area contributed by atoms with Crippen LogP contribution < -0.4 is 0 Å². The zero-order valence-electron chi connectivity index (χ0n) is 15.8. The molecule has 0 spiro atoms. The van der Waals surface area contributed by atoms with Gasteiger partial charge in [0.05, 0.1) is 10.0 Å². The second-order valence-electron chi connectivity index (χ2n) is 7.27. The molecular formula is C20H25Cl2N3O3. The first-order valence-electron chi connectivity index (χ1n) is 9.75. The van der Waals surface area contributed by atoms with Crippen molar-refractivity contribution in [2.75, 3.05) is 39.3 Å². The van der Waals surface area contributed by atoms with Gasteiger partial charge < -0.3 is 14.7 Å². The molecule has 0 N–H and O–H groups in total. The van der Waals surface area contributed by atoms with Crippen LogP contribution in [-0.2, 0) is 20.8 Å². The van der Waals surface area contributed by atoms with Gasteiger partial charge in [-0.3, -0.25) is 14.4 Å². The molecule has 3 rings (SSSR count). The fourth-order valence-corrected chi connectivity index (χ4v) is 3.97. The van der Waals surface area contributed by atoms with E-state index in [0.29, 0.717) is 55.7 Å². The second-order valence-corrected chi connectivity index (χ2v) is 8.09. The summed E-state index contributed by atoms with van der Waals surface area (Å²) in [5.74, 6) is -0.759. The molecule has 2 saturated heterocycles. The summed E-state index contributed by atoms with van der Waals surface area (Å²) in [6.07, 6.45) is 3.85. The van der Waals surface area contributed by atoms with Gasteiger partial charge in [0.2, 0.25) is 5.91 Å². The van der Waals surface area contributed by atoms with E-state index in [0.717, 1.165) is 31.2 Å². The van der Waals surface area contributed by atoms with E-state index >= 15 is 0 Å². The zero-order valence-corrected chi connectivity index (χ0v) is 17.3. The third-order valence-electron chi connectivity index (χ3n) is 5.34. The number of amides is 3. The maximum atomic E-state index is 12.4. The third-order valence-corrected chi connectivity index (χ3v) is 6.07. The van der Waals surface area contributed by atoms with Crippen LogP contribution >= 0.6 is 23.2 Å². The van der Waals surface area contributed by atoms with Crippen LogP contribution in [0.3, 0.4) is 0 Å². The molecule has 0 bridgehead atoms. The quantitative estimate of drug-likeness (QED) is 0.696. The van der Waals surface area contributed by atoms with Crippen molar-refractivity contribution >= 4 is 40.9 Å². The van der Waals surface area contributed by atoms with Crippen molar-refractivity contribution in [3.05, 3.63) is 33.8 Å². The Balaban J connectivity index is 1.40. The van der Waals surface area contributed by atoms with Gasteiger partial charge in [-0.2, -0.15) is 0 Å². The highest BCUT2D eigenvalue weighted by Gasteiger charge is 2.31. The van der Waals surface area contributed by atoms with E-state index in [1.54, 1.807) is 20.8 Å². The van der Waals surface area contributed by atoms with E-state index < -0.39 is 11.8 Å². The molecule has 0 atom stereocenters. The molecule has 0 aliphatic carbocycles. The maximum absolute atomic E-state index is 12.4. The summed E-state index contributed by atoms with van der Waals surface area (Å²) < 4.78 is 0. The second kappa shape index (κ2) is 9.61. The number of carbonyl (C=O) groups excluding carboxylic acids is 3. The number of aryl methyl sites for hydroxylation is 1. The van der Waals surface area contributed by atoms with Crippen LogP contribution in [0.1, 0.15) is 31.2 Å². The van der Waals surface area contributed by atoms with Crippen molar-refractivity contribution in [2.24, 2.45) is 0 Å². The standard InChI is InChI=1S/C20H25Cl2N3O3/c21-16-7-6-15(14-17(16)22)4-3-5-18(26)23-10-12-25(13-11-23)20(28)19(27)24-8-1-2-9-24/h6-7,14H,1-5,8-13H2. The lowest BCUT2D eigenvalue weighted by Gasteiger charge is -2.35. The Morgan fingerprint density at radius 2 is 1.36 bits per heavy atom. The van der Waals surface area contributed by atoms with Gasteiger partial charge in [-0.15, -0.1) is 0 Å². The van der Waals surface area contributed by atoms with Crippen LogP contribution in [0, 0.1) is 0 Å². The van der Waals surface area contributed by atoms with Gasteiger partial charge in [-0.25, -0.2) is 0 Å². The van der Waals surface area contributed by atoms with Crippen molar-refractivity contribution in [1.29, 1.82) is 0 Å². The molecule has 6 nitrogen and oxygen atoms in total. The van der Waals surface area contributed by atoms with Crippen molar-refractivity contribution in [2.45, 2.75) is 32.1 Å². The van der Waals surface area contributed by atoms with Crippen molar-refractivity contribution in [1.82, 2.24) is 14.7 Å². The lowest BCUT2D eigenvalue weighted by Crippen LogP contribution is -2.54. The first-order chi connectivity index (χ1) is 13.5. The number of halogens is 2. The topological polar surface area (TPSA) is 60.9 Å². The molecule has 0 saturated carbocycles. The molecule has 1 aromatic carbocycles. The Labute approximate surface area is 175 Å². The molecule has 2 fully saturated rings. The van der Waals surface area contributed by atoms with Gasteiger partial charge in [-0.1, -0.05) is 29.3 Å². The van der Waals surface area contributed by atoms with Gasteiger partial charge in [0.25, 0.3) is 0 Å². The highest BCUT2D eigenvalue weighted by molar-refractivity contribution is 6.42. The van der Waals surface area contributed by atoms with Crippen molar-refractivity contribution < 1.29 is 14.4 Å². The number of benzene rings is 1. The molecular weight excluding hydrogens is 401 g/mol. The Bertz CT molecular complexity index is 742. The first-order valence-corrected chi connectivity index (χ1v) is 10.5. The van der Waals surface area contributed by atoms with Gasteiger partial charge >= 0.3 is 11.8 Å². The molecule has 2 aliphatic heterocycles. The lowest BCUT2D eigenvalue weighted by atomic mass is 10.1. The Hall–Kier alpha value is -1.79. The highest BCUT2D eigenvalue weighted by atomic mass is 35.5. The molecule has 152 valence electrons. The number of rotatable bonds is 4. The fraction of sp³-hybridized carbons (Fsp3) is 0.550. The van der Waals surface area contributed by atoms with E-state index in [1.807, 2.05) is 12.1 Å². The number of likely N-dealkylation sites (tertiary alicyclic amines) is 1. The summed E-state index contributed by atoms with van der Waals surface area (Å²) in [5.41, 5.74) is 1.05. The van der Waals surface area contributed by atoms with Crippen LogP contribution in [0.15, 0.2) is 18.2 Å². The minimum absolute atomic E-state index is 0.0815. The molecule has 1 aromatic rings. The summed E-state index contributed by atoms with van der Waals surface area (Å²) in [6, 6.07) is 5.51. The van der Waals surface area contributed by atoms with Gasteiger partial charge in [0.15, 0.2) is 0 Å². The molecule has 2 heterocycles. The highest BCUT2D eigenvalue weighted by Crippen LogP contribution is 2.23. The minimum atomic E-state index is -0.436. The SMILES string of the molecule is O=C(CCCc1ccc(Cl)c(Cl)c1)N1CCN(C(=O)C(=O)N2CCCC2)CC1. The van der Waals surface area contributed by atoms with Crippen LogP contribution in [0.2, 0.25) is 10.0 Å². The first kappa shape index (κ1) is 20.9. The molecule has 0 aromatic heterocycles. The van der Waals surface area contributed by atoms with Gasteiger partial charge in [0.1, 0.15) is 0 Å². The number of piperazine rings is 1. The average molecular weight is 426 g/mol. The smallest absolute Gasteiger partial charge is 0.312 e. The summed E-state index contributed by atoms with van der Waals surface area (Å²) >= 11 is 11.9. The largest absolute Gasteiger partial charge is 0.339 e. The molecule has 3 amide bonds. The molecule has 0 radical (unpaired) electrons. The monoisotopic (exact) mass is 425 g/mol. The van der Waals surface area contributed by atoms with Crippen LogP contribution in [0.5, 0.6) is 0 Å². The molecule has 0 unspecified atom stereocenters. The van der Waals surface area contributed by atoms with Crippen LogP contribution in [0.25, 0.3) is 0 Å². The van der Waals surface area contributed by atoms with Crippen LogP contribution in [-0.4, -0.2) is 71.7 Å². The summed E-state index contributed by atoms with van der Waals surface area (Å²) in [5, 5.41) is 1.05. The van der Waals surface area contributed by atoms with Crippen molar-refractivity contribution in [3.63, 3.8) is 0 Å². The van der Waals surface area contributed by atoms with E-state index in [1.165, 1.54) is 0 Å². The lowest BCUT2D eigenvalue weighted by molar-refractivity contribution is -0.153. The van der Waals surface area contributed by atoms with E-state index in [4.69, 9.17) is 23.2 Å². The zero-order chi connectivity index (χ0) is 20.1. The fourth-order valence-electron chi connectivity index (χ4n) is 3.65. The van der Waals surface area contributed by atoms with Gasteiger partial charge in [-0.05, 0) is 43.4 Å². The summed E-state index contributed by atoms with van der Waals surface area (Å²) in [4.78, 5) is 42.0. The molecule has 8 heteroatoms. The number of hydrogen-bond donors (Lipinski definition) is 0. The number of nitrogens with zero attached hydrogens (tertiary/aromatic N) is 3. The van der Waals surface area contributed by atoms with Gasteiger partial charge in [0, 0.05) is 45.7 Å².